The molecule has 160 valence electrons. The standard InChI is InChI=1S/C27H46O/c1-17(2)25-24(28-25)16-18(3)21-11-12-22-20-10-9-19-8-6-7-14-26(19,4)23(20)13-15-27(21,22)5/h17-25H,6-16H2,1-5H3. The largest absolute Gasteiger partial charge is 0.369 e. The molecule has 0 bridgehead atoms. The van der Waals surface area contributed by atoms with Crippen molar-refractivity contribution in [3.8, 4) is 0 Å². The molecule has 0 amide bonds. The lowest BCUT2D eigenvalue weighted by molar-refractivity contribution is -0.114. The smallest absolute Gasteiger partial charge is 0.0864 e. The van der Waals surface area contributed by atoms with E-state index in [-0.39, 0.29) is 0 Å². The number of rotatable bonds is 4. The summed E-state index contributed by atoms with van der Waals surface area (Å²) in [5, 5.41) is 0. The highest BCUT2D eigenvalue weighted by molar-refractivity contribution is 5.09. The molecular weight excluding hydrogens is 340 g/mol. The summed E-state index contributed by atoms with van der Waals surface area (Å²) < 4.78 is 6.04. The zero-order valence-corrected chi connectivity index (χ0v) is 19.4. The normalized spacial score (nSPS) is 54.0. The first-order chi connectivity index (χ1) is 13.3. The third-order valence-corrected chi connectivity index (χ3v) is 11.2. The lowest BCUT2D eigenvalue weighted by Crippen LogP contribution is -2.53. The van der Waals surface area contributed by atoms with Gasteiger partial charge in [0.05, 0.1) is 12.2 Å². The van der Waals surface area contributed by atoms with Gasteiger partial charge in [-0.1, -0.05) is 47.5 Å². The first-order valence-electron chi connectivity index (χ1n) is 13.0. The van der Waals surface area contributed by atoms with Crippen LogP contribution in [0.2, 0.25) is 0 Å². The second kappa shape index (κ2) is 7.00. The maximum atomic E-state index is 6.04. The maximum absolute atomic E-state index is 6.04. The van der Waals surface area contributed by atoms with Gasteiger partial charge in [-0.3, -0.25) is 0 Å². The molecule has 1 aliphatic heterocycles. The van der Waals surface area contributed by atoms with Gasteiger partial charge in [0.25, 0.3) is 0 Å². The Balaban J connectivity index is 1.30. The fraction of sp³-hybridized carbons (Fsp3) is 1.00. The Kier molecular flexibility index (Phi) is 4.97. The fourth-order valence-electron chi connectivity index (χ4n) is 9.73. The molecule has 0 N–H and O–H groups in total. The molecule has 10 atom stereocenters. The summed E-state index contributed by atoms with van der Waals surface area (Å²) >= 11 is 0. The van der Waals surface area contributed by atoms with E-state index in [1.807, 2.05) is 0 Å². The zero-order valence-electron chi connectivity index (χ0n) is 19.4. The van der Waals surface area contributed by atoms with Gasteiger partial charge in [0, 0.05) is 0 Å². The molecule has 0 aromatic heterocycles. The van der Waals surface area contributed by atoms with Crippen LogP contribution in [0.4, 0.5) is 0 Å². The van der Waals surface area contributed by atoms with Crippen LogP contribution in [0.5, 0.6) is 0 Å². The van der Waals surface area contributed by atoms with Gasteiger partial charge in [-0.2, -0.15) is 0 Å². The van der Waals surface area contributed by atoms with E-state index in [4.69, 9.17) is 4.74 Å². The molecule has 5 aliphatic rings. The van der Waals surface area contributed by atoms with Crippen LogP contribution in [0.25, 0.3) is 0 Å². The molecule has 28 heavy (non-hydrogen) atoms. The van der Waals surface area contributed by atoms with Crippen molar-refractivity contribution in [2.24, 2.45) is 52.3 Å². The first-order valence-corrected chi connectivity index (χ1v) is 13.0. The third-order valence-electron chi connectivity index (χ3n) is 11.2. The summed E-state index contributed by atoms with van der Waals surface area (Å²) in [6.07, 6.45) is 17.8. The minimum Gasteiger partial charge on any atom is -0.369 e. The highest BCUT2D eigenvalue weighted by Gasteiger charge is 2.60. The predicted molar refractivity (Wildman–Crippen MR) is 117 cm³/mol. The van der Waals surface area contributed by atoms with Crippen LogP contribution in [0.3, 0.4) is 0 Å². The molecule has 0 radical (unpaired) electrons. The van der Waals surface area contributed by atoms with E-state index in [0.29, 0.717) is 29.0 Å². The Morgan fingerprint density at radius 3 is 2.36 bits per heavy atom. The molecule has 0 spiro atoms. The topological polar surface area (TPSA) is 12.5 Å². The van der Waals surface area contributed by atoms with Crippen molar-refractivity contribution < 1.29 is 4.74 Å². The van der Waals surface area contributed by atoms with Crippen molar-refractivity contribution in [3.05, 3.63) is 0 Å². The van der Waals surface area contributed by atoms with E-state index in [9.17, 15) is 0 Å². The monoisotopic (exact) mass is 386 g/mol. The molecule has 0 aromatic carbocycles. The molecular formula is C27H46O. The van der Waals surface area contributed by atoms with Gasteiger partial charge in [-0.25, -0.2) is 0 Å². The Morgan fingerprint density at radius 1 is 0.821 bits per heavy atom. The van der Waals surface area contributed by atoms with Crippen LogP contribution in [0.15, 0.2) is 0 Å². The number of hydrogen-bond donors (Lipinski definition) is 0. The van der Waals surface area contributed by atoms with Crippen molar-refractivity contribution in [1.82, 2.24) is 0 Å². The summed E-state index contributed by atoms with van der Waals surface area (Å²) in [6.45, 7) is 12.7. The Morgan fingerprint density at radius 2 is 1.61 bits per heavy atom. The summed E-state index contributed by atoms with van der Waals surface area (Å²) in [4.78, 5) is 0. The predicted octanol–water partition coefficient (Wildman–Crippen LogP) is 7.49. The number of fused-ring (bicyclic) bond motifs is 5. The highest BCUT2D eigenvalue weighted by atomic mass is 16.6. The number of hydrogen-bond acceptors (Lipinski definition) is 1. The summed E-state index contributed by atoms with van der Waals surface area (Å²) in [6, 6.07) is 0. The van der Waals surface area contributed by atoms with Crippen LogP contribution in [-0.4, -0.2) is 12.2 Å². The quantitative estimate of drug-likeness (QED) is 0.456. The van der Waals surface area contributed by atoms with E-state index in [1.54, 1.807) is 25.7 Å². The van der Waals surface area contributed by atoms with Crippen LogP contribution >= 0.6 is 0 Å². The highest BCUT2D eigenvalue weighted by Crippen LogP contribution is 2.68. The van der Waals surface area contributed by atoms with E-state index in [1.165, 1.54) is 44.9 Å². The third kappa shape index (κ3) is 2.96. The molecule has 0 aromatic rings. The minimum atomic E-state index is 0.560. The van der Waals surface area contributed by atoms with Gasteiger partial charge in [0.1, 0.15) is 0 Å². The number of ether oxygens (including phenoxy) is 1. The Labute approximate surface area is 174 Å². The summed E-state index contributed by atoms with van der Waals surface area (Å²) in [5.41, 5.74) is 1.32. The lowest BCUT2D eigenvalue weighted by atomic mass is 9.44. The van der Waals surface area contributed by atoms with Crippen LogP contribution in [0.1, 0.15) is 105 Å². The maximum Gasteiger partial charge on any atom is 0.0864 e. The summed E-state index contributed by atoms with van der Waals surface area (Å²) in [5.74, 6) is 6.69. The van der Waals surface area contributed by atoms with Crippen molar-refractivity contribution in [2.75, 3.05) is 0 Å². The van der Waals surface area contributed by atoms with Gasteiger partial charge >= 0.3 is 0 Å². The van der Waals surface area contributed by atoms with Gasteiger partial charge in [0.15, 0.2) is 0 Å². The zero-order chi connectivity index (χ0) is 19.7. The van der Waals surface area contributed by atoms with Crippen molar-refractivity contribution in [3.63, 3.8) is 0 Å². The van der Waals surface area contributed by atoms with Gasteiger partial charge in [-0.15, -0.1) is 0 Å². The van der Waals surface area contributed by atoms with Crippen molar-refractivity contribution in [2.45, 2.75) is 117 Å². The van der Waals surface area contributed by atoms with Crippen LogP contribution in [0, 0.1) is 52.3 Å². The summed E-state index contributed by atoms with van der Waals surface area (Å²) in [7, 11) is 0. The Hall–Kier alpha value is -0.0400. The molecule has 4 saturated carbocycles. The van der Waals surface area contributed by atoms with E-state index >= 15 is 0 Å². The first kappa shape index (κ1) is 19.9. The van der Waals surface area contributed by atoms with Gasteiger partial charge < -0.3 is 4.74 Å². The van der Waals surface area contributed by atoms with Gasteiger partial charge in [0.2, 0.25) is 0 Å². The molecule has 5 fully saturated rings. The number of epoxide rings is 1. The van der Waals surface area contributed by atoms with Crippen molar-refractivity contribution in [1.29, 1.82) is 0 Å². The van der Waals surface area contributed by atoms with E-state index in [0.717, 1.165) is 35.5 Å². The van der Waals surface area contributed by atoms with Crippen LogP contribution < -0.4 is 0 Å². The SMILES string of the molecule is CC(C)C1OC1CC(C)C1CCC2C3CCC4CCCCC4(C)C3CCC12C. The average molecular weight is 387 g/mol. The Bertz CT molecular complexity index is 583. The molecule has 1 heterocycles. The molecule has 1 nitrogen and oxygen atoms in total. The second-order valence-electron chi connectivity index (χ2n) is 12.7. The van der Waals surface area contributed by atoms with E-state index in [2.05, 4.69) is 34.6 Å². The molecule has 1 saturated heterocycles. The lowest BCUT2D eigenvalue weighted by Gasteiger charge is -2.61. The molecule has 1 heteroatoms. The minimum absolute atomic E-state index is 0.560. The fourth-order valence-corrected chi connectivity index (χ4v) is 9.73. The molecule has 5 rings (SSSR count). The average Bonchev–Trinajstić information content (AvgIpc) is 3.33. The van der Waals surface area contributed by atoms with E-state index < -0.39 is 0 Å². The molecule has 4 aliphatic carbocycles. The van der Waals surface area contributed by atoms with Gasteiger partial charge in [-0.05, 0) is 110 Å². The van der Waals surface area contributed by atoms with Crippen LogP contribution in [-0.2, 0) is 4.74 Å². The second-order valence-corrected chi connectivity index (χ2v) is 12.7. The van der Waals surface area contributed by atoms with Crippen molar-refractivity contribution >= 4 is 0 Å². The molecule has 10 unspecified atom stereocenters.